The molecule has 1 saturated heterocycles. The zero-order valence-corrected chi connectivity index (χ0v) is 10.9. The summed E-state index contributed by atoms with van der Waals surface area (Å²) >= 11 is 0. The molecule has 0 saturated carbocycles. The molecule has 18 heavy (non-hydrogen) atoms. The number of hydrogen-bond donors (Lipinski definition) is 2. The van der Waals surface area contributed by atoms with Crippen molar-refractivity contribution in [3.05, 3.63) is 30.3 Å². The van der Waals surface area contributed by atoms with Gasteiger partial charge in [-0.15, -0.1) is 4.83 Å². The Kier molecular flexibility index (Phi) is 4.71. The maximum Gasteiger partial charge on any atom is 0.253 e. The summed E-state index contributed by atoms with van der Waals surface area (Å²) < 4.78 is 29.0. The van der Waals surface area contributed by atoms with Crippen molar-refractivity contribution in [1.29, 1.82) is 0 Å². The van der Waals surface area contributed by atoms with Gasteiger partial charge in [-0.2, -0.15) is 0 Å². The van der Waals surface area contributed by atoms with E-state index in [1.54, 1.807) is 30.3 Å². The highest BCUT2D eigenvalue weighted by Crippen LogP contribution is 2.13. The molecule has 1 heterocycles. The fraction of sp³-hybridized carbons (Fsp3) is 0.500. The quantitative estimate of drug-likeness (QED) is 0.780. The van der Waals surface area contributed by atoms with E-state index in [-0.39, 0.29) is 4.90 Å². The van der Waals surface area contributed by atoms with Gasteiger partial charge in [-0.05, 0) is 30.9 Å². The van der Waals surface area contributed by atoms with Crippen molar-refractivity contribution in [3.63, 3.8) is 0 Å². The molecule has 1 aromatic carbocycles. The fourth-order valence-corrected chi connectivity index (χ4v) is 2.80. The van der Waals surface area contributed by atoms with Gasteiger partial charge in [0.15, 0.2) is 0 Å². The van der Waals surface area contributed by atoms with E-state index >= 15 is 0 Å². The van der Waals surface area contributed by atoms with Crippen LogP contribution in [0.5, 0.6) is 0 Å². The van der Waals surface area contributed by atoms with Crippen LogP contribution < -0.4 is 10.3 Å². The monoisotopic (exact) mass is 270 g/mol. The van der Waals surface area contributed by atoms with E-state index in [1.165, 1.54) is 0 Å². The van der Waals surface area contributed by atoms with E-state index < -0.39 is 10.0 Å². The summed E-state index contributed by atoms with van der Waals surface area (Å²) in [5.41, 5.74) is 2.80. The zero-order valence-electron chi connectivity index (χ0n) is 10.1. The lowest BCUT2D eigenvalue weighted by atomic mass is 10.0. The average molecular weight is 270 g/mol. The number of hydrogen-bond acceptors (Lipinski definition) is 4. The number of nitrogens with one attached hydrogen (secondary N) is 2. The first-order valence-corrected chi connectivity index (χ1v) is 7.54. The van der Waals surface area contributed by atoms with Gasteiger partial charge in [-0.3, -0.25) is 0 Å². The summed E-state index contributed by atoms with van der Waals surface area (Å²) in [5.74, 6) is 0.470. The SMILES string of the molecule is O=S(=O)(NNCC1CCOCC1)c1ccccc1. The minimum absolute atomic E-state index is 0.268. The smallest absolute Gasteiger partial charge is 0.253 e. The maximum atomic E-state index is 11.9. The topological polar surface area (TPSA) is 67.4 Å². The van der Waals surface area contributed by atoms with Gasteiger partial charge in [0.2, 0.25) is 0 Å². The van der Waals surface area contributed by atoms with Crippen LogP contribution in [-0.4, -0.2) is 28.2 Å². The predicted molar refractivity (Wildman–Crippen MR) is 68.3 cm³/mol. The van der Waals surface area contributed by atoms with Crippen molar-refractivity contribution in [3.8, 4) is 0 Å². The van der Waals surface area contributed by atoms with Gasteiger partial charge in [0.05, 0.1) is 4.90 Å². The van der Waals surface area contributed by atoms with Crippen molar-refractivity contribution >= 4 is 10.0 Å². The third-order valence-electron chi connectivity index (χ3n) is 2.99. The van der Waals surface area contributed by atoms with Crippen LogP contribution in [-0.2, 0) is 14.8 Å². The lowest BCUT2D eigenvalue weighted by Crippen LogP contribution is -2.41. The van der Waals surface area contributed by atoms with Crippen molar-refractivity contribution in [2.75, 3.05) is 19.8 Å². The first kappa shape index (κ1) is 13.5. The highest BCUT2D eigenvalue weighted by molar-refractivity contribution is 7.89. The van der Waals surface area contributed by atoms with Gasteiger partial charge in [0.25, 0.3) is 10.0 Å². The lowest BCUT2D eigenvalue weighted by Gasteiger charge is -2.22. The summed E-state index contributed by atoms with van der Waals surface area (Å²) in [7, 11) is -3.45. The van der Waals surface area contributed by atoms with Crippen LogP contribution in [0.25, 0.3) is 0 Å². The standard InChI is InChI=1S/C12H18N2O3S/c15-18(16,12-4-2-1-3-5-12)14-13-10-11-6-8-17-9-7-11/h1-5,11,13-14H,6-10H2. The molecule has 0 aliphatic carbocycles. The van der Waals surface area contributed by atoms with Crippen LogP contribution in [0.2, 0.25) is 0 Å². The number of benzene rings is 1. The fourth-order valence-electron chi connectivity index (χ4n) is 1.89. The second-order valence-corrected chi connectivity index (χ2v) is 6.04. The summed E-state index contributed by atoms with van der Waals surface area (Å²) in [4.78, 5) is 2.67. The Balaban J connectivity index is 1.82. The Bertz CT molecular complexity index is 455. The number of hydrazine groups is 1. The Morgan fingerprint density at radius 3 is 2.50 bits per heavy atom. The molecular formula is C12H18N2O3S. The van der Waals surface area contributed by atoms with E-state index in [1.807, 2.05) is 0 Å². The molecule has 0 spiro atoms. The van der Waals surface area contributed by atoms with Gasteiger partial charge >= 0.3 is 0 Å². The van der Waals surface area contributed by atoms with Gasteiger partial charge < -0.3 is 4.74 Å². The first-order valence-electron chi connectivity index (χ1n) is 6.06. The summed E-state index contributed by atoms with van der Waals surface area (Å²) in [5, 5.41) is 0. The highest BCUT2D eigenvalue weighted by atomic mass is 32.2. The molecule has 0 amide bonds. The van der Waals surface area contributed by atoms with Gasteiger partial charge in [-0.25, -0.2) is 13.8 Å². The summed E-state index contributed by atoms with van der Waals surface area (Å²) in [6.45, 7) is 2.16. The molecule has 1 fully saturated rings. The Morgan fingerprint density at radius 1 is 1.17 bits per heavy atom. The Morgan fingerprint density at radius 2 is 1.83 bits per heavy atom. The van der Waals surface area contributed by atoms with E-state index in [0.717, 1.165) is 26.1 Å². The van der Waals surface area contributed by atoms with Gasteiger partial charge in [0.1, 0.15) is 0 Å². The van der Waals surface area contributed by atoms with Crippen LogP contribution in [0.3, 0.4) is 0 Å². The average Bonchev–Trinajstić information content (AvgIpc) is 2.41. The second-order valence-electron chi connectivity index (χ2n) is 4.36. The third kappa shape index (κ3) is 3.78. The van der Waals surface area contributed by atoms with Crippen LogP contribution in [0.15, 0.2) is 35.2 Å². The largest absolute Gasteiger partial charge is 0.381 e. The molecule has 0 atom stereocenters. The second kappa shape index (κ2) is 6.29. The van der Waals surface area contributed by atoms with Gasteiger partial charge in [0, 0.05) is 19.8 Å². The Hall–Kier alpha value is -0.950. The molecule has 2 rings (SSSR count). The molecule has 5 nitrogen and oxygen atoms in total. The van der Waals surface area contributed by atoms with Crippen molar-refractivity contribution in [2.45, 2.75) is 17.7 Å². The molecule has 2 N–H and O–H groups in total. The van der Waals surface area contributed by atoms with E-state index in [9.17, 15) is 8.42 Å². The molecule has 1 aliphatic rings. The molecule has 0 unspecified atom stereocenters. The van der Waals surface area contributed by atoms with Gasteiger partial charge in [-0.1, -0.05) is 18.2 Å². The molecular weight excluding hydrogens is 252 g/mol. The maximum absolute atomic E-state index is 11.9. The van der Waals surface area contributed by atoms with E-state index in [4.69, 9.17) is 4.74 Å². The summed E-state index contributed by atoms with van der Waals surface area (Å²) in [6, 6.07) is 8.32. The molecule has 6 heteroatoms. The molecule has 100 valence electrons. The zero-order chi connectivity index (χ0) is 12.8. The van der Waals surface area contributed by atoms with E-state index in [0.29, 0.717) is 12.5 Å². The van der Waals surface area contributed by atoms with Crippen LogP contribution in [0.4, 0.5) is 0 Å². The number of rotatable bonds is 5. The molecule has 0 radical (unpaired) electrons. The van der Waals surface area contributed by atoms with Crippen molar-refractivity contribution in [2.24, 2.45) is 5.92 Å². The number of sulfonamides is 1. The number of ether oxygens (including phenoxy) is 1. The highest BCUT2D eigenvalue weighted by Gasteiger charge is 2.16. The van der Waals surface area contributed by atoms with Crippen molar-refractivity contribution in [1.82, 2.24) is 10.3 Å². The minimum atomic E-state index is -3.45. The van der Waals surface area contributed by atoms with Crippen LogP contribution in [0, 0.1) is 5.92 Å². The Labute approximate surface area is 108 Å². The molecule has 1 aromatic rings. The first-order chi connectivity index (χ1) is 8.68. The third-order valence-corrected chi connectivity index (χ3v) is 4.30. The normalized spacial score (nSPS) is 17.8. The minimum Gasteiger partial charge on any atom is -0.381 e. The van der Waals surface area contributed by atoms with Crippen LogP contribution in [0.1, 0.15) is 12.8 Å². The molecule has 0 bridgehead atoms. The molecule has 0 aromatic heterocycles. The predicted octanol–water partition coefficient (Wildman–Crippen LogP) is 0.896. The van der Waals surface area contributed by atoms with Crippen LogP contribution >= 0.6 is 0 Å². The van der Waals surface area contributed by atoms with Crippen molar-refractivity contribution < 1.29 is 13.2 Å². The lowest BCUT2D eigenvalue weighted by molar-refractivity contribution is 0.0659. The summed E-state index contributed by atoms with van der Waals surface area (Å²) in [6.07, 6.45) is 1.94. The van der Waals surface area contributed by atoms with E-state index in [2.05, 4.69) is 10.3 Å². The molecule has 1 aliphatic heterocycles.